The first kappa shape index (κ1) is 7.86. The second-order valence-electron chi connectivity index (χ2n) is 1.32. The molecule has 0 radical (unpaired) electrons. The highest BCUT2D eigenvalue weighted by Crippen LogP contribution is 1.95. The van der Waals surface area contributed by atoms with Crippen LogP contribution >= 0.6 is 0 Å². The average Bonchev–Trinajstić information content (AvgIpc) is 1.95. The standard InChI is InChI=1S/C7H6OSi/c1-5-9(6-2,7-3)8-4/h1-3H,4H3. The second kappa shape index (κ2) is 3.00. The topological polar surface area (TPSA) is 9.23 Å². The number of hydrogen-bond donors (Lipinski definition) is 0. The Morgan fingerprint density at radius 3 is 1.44 bits per heavy atom. The molecule has 0 heterocycles. The minimum atomic E-state index is -2.61. The third-order valence-corrected chi connectivity index (χ3v) is 2.75. The van der Waals surface area contributed by atoms with Crippen molar-refractivity contribution in [3.63, 3.8) is 0 Å². The van der Waals surface area contributed by atoms with Crippen LogP contribution in [0.2, 0.25) is 0 Å². The van der Waals surface area contributed by atoms with Crippen LogP contribution in [0.1, 0.15) is 0 Å². The summed E-state index contributed by atoms with van der Waals surface area (Å²) in [6.45, 7) is 0. The quantitative estimate of drug-likeness (QED) is 0.365. The Bertz CT molecular complexity index is 175. The highest BCUT2D eigenvalue weighted by atomic mass is 28.4. The fourth-order valence-electron chi connectivity index (χ4n) is 0.302. The zero-order valence-electron chi connectivity index (χ0n) is 5.14. The molecule has 0 aliphatic carbocycles. The molecule has 0 spiro atoms. The highest BCUT2D eigenvalue weighted by Gasteiger charge is 2.26. The van der Waals surface area contributed by atoms with Crippen molar-refractivity contribution in [1.82, 2.24) is 0 Å². The van der Waals surface area contributed by atoms with E-state index in [0.29, 0.717) is 0 Å². The first-order valence-corrected chi connectivity index (χ1v) is 4.14. The fourth-order valence-corrected chi connectivity index (χ4v) is 0.905. The molecule has 0 atom stereocenters. The van der Waals surface area contributed by atoms with E-state index >= 15 is 0 Å². The Labute approximate surface area is 56.5 Å². The van der Waals surface area contributed by atoms with Gasteiger partial charge in [-0.25, -0.2) is 0 Å². The van der Waals surface area contributed by atoms with Gasteiger partial charge < -0.3 is 4.43 Å². The minimum Gasteiger partial charge on any atom is -0.391 e. The molecule has 0 aromatic rings. The molecular formula is C7H6OSi. The molecule has 0 rings (SSSR count). The zero-order chi connectivity index (χ0) is 7.33. The van der Waals surface area contributed by atoms with Gasteiger partial charge in [0.15, 0.2) is 0 Å². The van der Waals surface area contributed by atoms with Gasteiger partial charge in [-0.1, -0.05) is 16.6 Å². The van der Waals surface area contributed by atoms with Crippen molar-refractivity contribution in [3.05, 3.63) is 0 Å². The summed E-state index contributed by atoms with van der Waals surface area (Å²) in [5.74, 6) is 0. The van der Waals surface area contributed by atoms with Crippen LogP contribution in [0.4, 0.5) is 0 Å². The van der Waals surface area contributed by atoms with Gasteiger partial charge in [0.1, 0.15) is 0 Å². The number of hydrogen-bond acceptors (Lipinski definition) is 1. The molecule has 0 saturated heterocycles. The van der Waals surface area contributed by atoms with Crippen LogP contribution in [0, 0.1) is 35.9 Å². The molecule has 0 unspecified atom stereocenters. The van der Waals surface area contributed by atoms with Crippen LogP contribution in [0.25, 0.3) is 0 Å². The van der Waals surface area contributed by atoms with E-state index in [0.717, 1.165) is 0 Å². The Morgan fingerprint density at radius 2 is 1.44 bits per heavy atom. The van der Waals surface area contributed by atoms with Crippen LogP contribution in [0.15, 0.2) is 0 Å². The first-order chi connectivity index (χ1) is 4.24. The van der Waals surface area contributed by atoms with E-state index in [4.69, 9.17) is 23.7 Å². The van der Waals surface area contributed by atoms with Gasteiger partial charge in [-0.05, 0) is 0 Å². The molecule has 0 aromatic heterocycles. The van der Waals surface area contributed by atoms with Gasteiger partial charge in [0, 0.05) is 7.11 Å². The summed E-state index contributed by atoms with van der Waals surface area (Å²) in [6.07, 6.45) is 15.1. The first-order valence-electron chi connectivity index (χ1n) is 2.23. The molecule has 44 valence electrons. The van der Waals surface area contributed by atoms with E-state index in [1.165, 1.54) is 7.11 Å². The monoisotopic (exact) mass is 134 g/mol. The molecule has 0 fully saturated rings. The summed E-state index contributed by atoms with van der Waals surface area (Å²) in [4.78, 5) is 0. The Balaban J connectivity index is 4.54. The molecule has 0 saturated carbocycles. The van der Waals surface area contributed by atoms with Gasteiger partial charge >= 0.3 is 8.32 Å². The third kappa shape index (κ3) is 1.37. The molecule has 0 aliphatic rings. The number of terminal acetylenes is 3. The van der Waals surface area contributed by atoms with Crippen LogP contribution < -0.4 is 0 Å². The summed E-state index contributed by atoms with van der Waals surface area (Å²) in [7, 11) is -1.17. The Kier molecular flexibility index (Phi) is 2.62. The smallest absolute Gasteiger partial charge is 0.391 e. The van der Waals surface area contributed by atoms with Crippen molar-refractivity contribution in [2.45, 2.75) is 0 Å². The second-order valence-corrected chi connectivity index (χ2v) is 3.95. The van der Waals surface area contributed by atoms with E-state index in [9.17, 15) is 0 Å². The van der Waals surface area contributed by atoms with E-state index in [1.807, 2.05) is 0 Å². The molecule has 2 heteroatoms. The maximum absolute atomic E-state index is 5.04. The normalized spacial score (nSPS) is 8.67. The van der Waals surface area contributed by atoms with Crippen LogP contribution in [-0.4, -0.2) is 15.4 Å². The predicted molar refractivity (Wildman–Crippen MR) is 39.3 cm³/mol. The van der Waals surface area contributed by atoms with E-state index in [1.54, 1.807) is 0 Å². The molecule has 0 N–H and O–H groups in total. The summed E-state index contributed by atoms with van der Waals surface area (Å²) in [6, 6.07) is 0. The van der Waals surface area contributed by atoms with E-state index in [-0.39, 0.29) is 0 Å². The lowest BCUT2D eigenvalue weighted by Gasteiger charge is -2.06. The molecule has 1 nitrogen and oxygen atoms in total. The lowest BCUT2D eigenvalue weighted by Crippen LogP contribution is -2.32. The summed E-state index contributed by atoms with van der Waals surface area (Å²) >= 11 is 0. The Morgan fingerprint density at radius 1 is 1.11 bits per heavy atom. The Hall–Kier alpha value is -1.14. The predicted octanol–water partition coefficient (Wildman–Crippen LogP) is 0.0955. The highest BCUT2D eigenvalue weighted by molar-refractivity contribution is 6.95. The molecule has 0 amide bonds. The number of rotatable bonds is 1. The van der Waals surface area contributed by atoms with Crippen LogP contribution in [0.3, 0.4) is 0 Å². The van der Waals surface area contributed by atoms with Gasteiger partial charge in [0.25, 0.3) is 0 Å². The average molecular weight is 134 g/mol. The molecular weight excluding hydrogens is 128 g/mol. The molecule has 0 bridgehead atoms. The summed E-state index contributed by atoms with van der Waals surface area (Å²) in [5, 5.41) is 0. The van der Waals surface area contributed by atoms with Crippen molar-refractivity contribution in [2.75, 3.05) is 7.11 Å². The minimum absolute atomic E-state index is 1.44. The van der Waals surface area contributed by atoms with Crippen LogP contribution in [0.5, 0.6) is 0 Å². The molecule has 0 aliphatic heterocycles. The van der Waals surface area contributed by atoms with Gasteiger partial charge in [-0.2, -0.15) is 0 Å². The van der Waals surface area contributed by atoms with Crippen molar-refractivity contribution in [2.24, 2.45) is 0 Å². The van der Waals surface area contributed by atoms with E-state index < -0.39 is 8.32 Å². The van der Waals surface area contributed by atoms with Gasteiger partial charge in [0.05, 0.1) is 0 Å². The van der Waals surface area contributed by atoms with Crippen molar-refractivity contribution in [1.29, 1.82) is 0 Å². The zero-order valence-corrected chi connectivity index (χ0v) is 6.14. The SMILES string of the molecule is C#C[Si](C#C)(C#C)OC. The summed E-state index contributed by atoms with van der Waals surface area (Å²) in [5.41, 5.74) is 6.93. The van der Waals surface area contributed by atoms with Gasteiger partial charge in [0.2, 0.25) is 0 Å². The largest absolute Gasteiger partial charge is 0.435 e. The lowest BCUT2D eigenvalue weighted by atomic mass is 11.3. The van der Waals surface area contributed by atoms with Gasteiger partial charge in [-0.3, -0.25) is 0 Å². The summed E-state index contributed by atoms with van der Waals surface area (Å²) < 4.78 is 4.82. The van der Waals surface area contributed by atoms with Crippen LogP contribution in [-0.2, 0) is 4.43 Å². The van der Waals surface area contributed by atoms with Crippen molar-refractivity contribution < 1.29 is 4.43 Å². The maximum Gasteiger partial charge on any atom is 0.435 e. The molecule has 0 aromatic carbocycles. The maximum atomic E-state index is 5.04. The van der Waals surface area contributed by atoms with E-state index in [2.05, 4.69) is 16.6 Å². The van der Waals surface area contributed by atoms with Crippen molar-refractivity contribution >= 4 is 8.32 Å². The fraction of sp³-hybridized carbons (Fsp3) is 0.143. The molecule has 9 heavy (non-hydrogen) atoms. The third-order valence-electron chi connectivity index (χ3n) is 0.916. The lowest BCUT2D eigenvalue weighted by molar-refractivity contribution is 0.429. The van der Waals surface area contributed by atoms with Gasteiger partial charge in [-0.15, -0.1) is 19.3 Å². The van der Waals surface area contributed by atoms with Crippen molar-refractivity contribution in [3.8, 4) is 35.9 Å².